The number of rotatable bonds is 13. The van der Waals surface area contributed by atoms with E-state index in [1.165, 1.54) is 12.1 Å². The molecule has 5 aromatic rings. The normalized spacial score (nSPS) is 19.9. The molecule has 4 aromatic carbocycles. The second kappa shape index (κ2) is 18.3. The van der Waals surface area contributed by atoms with Crippen LogP contribution in [0.5, 0.6) is 5.75 Å². The number of hydrogen-bond acceptors (Lipinski definition) is 9. The van der Waals surface area contributed by atoms with Crippen molar-refractivity contribution < 1.29 is 29.3 Å². The molecule has 0 spiro atoms. The third-order valence-electron chi connectivity index (χ3n) is 12.9. The standard InChI is InChI=1S/C48H54N6O7/c1-49-47(60)54(29-33-9-7-32(8-10-33)27-50-28-41(56)38-15-17-40(55)44-39(38)16-18-43(57)51-44)30-34-11-13-36(14-12-34)45(58)53-25-21-48(22-26-53,37-5-3-2-4-6-37)46(59)61-42-31-52-23-19-35(42)20-24-52/h2-18,35,41-42,50,55-56H,19-31H2,1H3,(H,49,60)(H,51,57). The number of carbonyl (C=O) groups excluding carboxylic acids is 3. The van der Waals surface area contributed by atoms with E-state index in [1.807, 2.05) is 83.8 Å². The number of amides is 3. The first-order chi connectivity index (χ1) is 29.6. The van der Waals surface area contributed by atoms with Gasteiger partial charge in [0.1, 0.15) is 11.9 Å². The molecule has 4 fully saturated rings. The first kappa shape index (κ1) is 41.7. The van der Waals surface area contributed by atoms with Crippen LogP contribution in [0.3, 0.4) is 0 Å². The molecular weight excluding hydrogens is 773 g/mol. The summed E-state index contributed by atoms with van der Waals surface area (Å²) < 4.78 is 6.32. The number of aliphatic hydroxyl groups excluding tert-OH is 1. The van der Waals surface area contributed by atoms with Crippen LogP contribution in [0, 0.1) is 5.92 Å². The highest BCUT2D eigenvalue weighted by atomic mass is 16.5. The van der Waals surface area contributed by atoms with E-state index >= 15 is 0 Å². The number of piperidine rings is 4. The smallest absolute Gasteiger partial charge is 0.317 e. The topological polar surface area (TPSA) is 168 Å². The molecule has 0 saturated carbocycles. The summed E-state index contributed by atoms with van der Waals surface area (Å²) >= 11 is 0. The van der Waals surface area contributed by atoms with Crippen LogP contribution in [-0.4, -0.2) is 100 Å². The molecule has 4 aliphatic rings. The zero-order valence-corrected chi connectivity index (χ0v) is 34.5. The predicted octanol–water partition coefficient (Wildman–Crippen LogP) is 5.21. The number of aromatic amines is 1. The molecule has 9 rings (SSSR count). The number of benzene rings is 4. The van der Waals surface area contributed by atoms with Crippen molar-refractivity contribution in [2.75, 3.05) is 46.3 Å². The predicted molar refractivity (Wildman–Crippen MR) is 232 cm³/mol. The molecule has 0 radical (unpaired) electrons. The van der Waals surface area contributed by atoms with Gasteiger partial charge in [-0.3, -0.25) is 19.3 Å². The van der Waals surface area contributed by atoms with Gasteiger partial charge in [0.15, 0.2) is 0 Å². The van der Waals surface area contributed by atoms with Gasteiger partial charge in [-0.2, -0.15) is 0 Å². The molecular formula is C48H54N6O7. The zero-order valence-electron chi connectivity index (χ0n) is 34.5. The number of H-pyrrole nitrogens is 1. The summed E-state index contributed by atoms with van der Waals surface area (Å²) in [4.78, 5) is 61.2. The van der Waals surface area contributed by atoms with Crippen LogP contribution in [0.25, 0.3) is 10.9 Å². The van der Waals surface area contributed by atoms with Crippen molar-refractivity contribution in [1.29, 1.82) is 0 Å². The lowest BCUT2D eigenvalue weighted by Gasteiger charge is -2.46. The number of fused-ring (bicyclic) bond motifs is 4. The monoisotopic (exact) mass is 826 g/mol. The number of esters is 1. The average molecular weight is 827 g/mol. The summed E-state index contributed by atoms with van der Waals surface area (Å²) in [6.45, 7) is 5.27. The summed E-state index contributed by atoms with van der Waals surface area (Å²) in [5.74, 6) is 0.106. The molecule has 2 bridgehead atoms. The Balaban J connectivity index is 0.848. The highest BCUT2D eigenvalue weighted by molar-refractivity contribution is 5.95. The number of hydrogen-bond donors (Lipinski definition) is 5. The largest absolute Gasteiger partial charge is 0.506 e. The number of aliphatic hydroxyl groups is 1. The SMILES string of the molecule is CNC(=O)N(Cc1ccc(CNCC(O)c2ccc(O)c3[nH]c(=O)ccc23)cc1)Cc1ccc(C(=O)N2CCC(C(=O)OC3CN4CCC3CC4)(c3ccccc3)CC2)cc1. The Morgan fingerprint density at radius 2 is 1.51 bits per heavy atom. The van der Waals surface area contributed by atoms with Gasteiger partial charge in [-0.05, 0) is 96.8 Å². The highest BCUT2D eigenvalue weighted by Gasteiger charge is 2.47. The number of phenolic OH excluding ortho intramolecular Hbond substituents is 1. The number of nitrogens with zero attached hydrogens (tertiary/aromatic N) is 3. The Bertz CT molecular complexity index is 2390. The van der Waals surface area contributed by atoms with Crippen LogP contribution in [0.2, 0.25) is 0 Å². The molecule has 13 nitrogen and oxygen atoms in total. The van der Waals surface area contributed by atoms with E-state index in [4.69, 9.17) is 4.74 Å². The van der Waals surface area contributed by atoms with Crippen molar-refractivity contribution in [3.8, 4) is 5.75 Å². The lowest BCUT2D eigenvalue weighted by Crippen LogP contribution is -2.55. The van der Waals surface area contributed by atoms with Gasteiger partial charge in [0.2, 0.25) is 5.56 Å². The highest BCUT2D eigenvalue weighted by Crippen LogP contribution is 2.39. The Morgan fingerprint density at radius 3 is 2.15 bits per heavy atom. The third-order valence-corrected chi connectivity index (χ3v) is 12.9. The van der Waals surface area contributed by atoms with Gasteiger partial charge in [0.25, 0.3) is 5.91 Å². The number of aromatic nitrogens is 1. The van der Waals surface area contributed by atoms with E-state index < -0.39 is 11.5 Å². The molecule has 0 aliphatic carbocycles. The molecule has 2 atom stereocenters. The minimum absolute atomic E-state index is 0.0580. The molecule has 13 heteroatoms. The van der Waals surface area contributed by atoms with Gasteiger partial charge < -0.3 is 40.4 Å². The molecule has 61 heavy (non-hydrogen) atoms. The fraction of sp³-hybridized carbons (Fsp3) is 0.375. The van der Waals surface area contributed by atoms with Crippen LogP contribution in [-0.2, 0) is 34.6 Å². The van der Waals surface area contributed by atoms with Gasteiger partial charge in [-0.1, -0.05) is 72.8 Å². The quantitative estimate of drug-likeness (QED) is 0.100. The van der Waals surface area contributed by atoms with E-state index in [-0.39, 0.29) is 47.4 Å². The summed E-state index contributed by atoms with van der Waals surface area (Å²) in [5.41, 5.74) is 4.06. The van der Waals surface area contributed by atoms with Gasteiger partial charge in [-0.25, -0.2) is 4.79 Å². The summed E-state index contributed by atoms with van der Waals surface area (Å²) in [5, 5.41) is 27.7. The lowest BCUT2D eigenvalue weighted by molar-refractivity contribution is -0.167. The van der Waals surface area contributed by atoms with E-state index in [1.54, 1.807) is 24.1 Å². The van der Waals surface area contributed by atoms with Crippen molar-refractivity contribution >= 4 is 28.8 Å². The summed E-state index contributed by atoms with van der Waals surface area (Å²) in [7, 11) is 1.60. The molecule has 5 N–H and O–H groups in total. The van der Waals surface area contributed by atoms with E-state index in [0.717, 1.165) is 54.7 Å². The molecule has 318 valence electrons. The third kappa shape index (κ3) is 9.19. The molecule has 4 saturated heterocycles. The van der Waals surface area contributed by atoms with Gasteiger partial charge in [0.05, 0.1) is 17.0 Å². The number of urea groups is 1. The molecule has 1 aromatic heterocycles. The van der Waals surface area contributed by atoms with Crippen LogP contribution in [0.1, 0.15) is 70.0 Å². The van der Waals surface area contributed by atoms with E-state index in [0.29, 0.717) is 68.0 Å². The number of likely N-dealkylation sites (tertiary alicyclic amines) is 1. The van der Waals surface area contributed by atoms with Crippen molar-refractivity contribution in [1.82, 2.24) is 30.3 Å². The lowest BCUT2D eigenvalue weighted by atomic mass is 9.72. The first-order valence-corrected chi connectivity index (χ1v) is 21.3. The van der Waals surface area contributed by atoms with E-state index in [9.17, 15) is 29.4 Å². The Kier molecular flexibility index (Phi) is 12.5. The van der Waals surface area contributed by atoms with Crippen LogP contribution in [0.4, 0.5) is 4.79 Å². The van der Waals surface area contributed by atoms with Gasteiger partial charge in [-0.15, -0.1) is 0 Å². The van der Waals surface area contributed by atoms with Crippen molar-refractivity contribution in [2.24, 2.45) is 5.92 Å². The number of pyridine rings is 1. The second-order valence-corrected chi connectivity index (χ2v) is 16.7. The average Bonchev–Trinajstić information content (AvgIpc) is 3.30. The Hall–Kier alpha value is -6.02. The maximum absolute atomic E-state index is 14.1. The minimum Gasteiger partial charge on any atom is -0.506 e. The summed E-state index contributed by atoms with van der Waals surface area (Å²) in [6.07, 6.45) is 2.17. The van der Waals surface area contributed by atoms with Gasteiger partial charge in [0, 0.05) is 69.9 Å². The fourth-order valence-corrected chi connectivity index (χ4v) is 9.26. The summed E-state index contributed by atoms with van der Waals surface area (Å²) in [6, 6.07) is 31.0. The van der Waals surface area contributed by atoms with Crippen LogP contribution >= 0.6 is 0 Å². The minimum atomic E-state index is -0.872. The van der Waals surface area contributed by atoms with Crippen molar-refractivity contribution in [2.45, 2.75) is 62.9 Å². The molecule has 2 unspecified atom stereocenters. The number of aromatic hydroxyl groups is 1. The molecule has 5 heterocycles. The Labute approximate surface area is 355 Å². The van der Waals surface area contributed by atoms with Crippen molar-refractivity contribution in [3.63, 3.8) is 0 Å². The number of ether oxygens (including phenoxy) is 1. The number of phenols is 1. The second-order valence-electron chi connectivity index (χ2n) is 16.7. The molecule has 3 amide bonds. The zero-order chi connectivity index (χ0) is 42.5. The fourth-order valence-electron chi connectivity index (χ4n) is 9.26. The first-order valence-electron chi connectivity index (χ1n) is 21.3. The van der Waals surface area contributed by atoms with E-state index in [2.05, 4.69) is 20.5 Å². The maximum Gasteiger partial charge on any atom is 0.317 e. The maximum atomic E-state index is 14.1. The van der Waals surface area contributed by atoms with Crippen LogP contribution < -0.4 is 16.2 Å². The molecule has 4 aliphatic heterocycles. The van der Waals surface area contributed by atoms with Crippen LogP contribution in [0.15, 0.2) is 108 Å². The number of nitrogens with one attached hydrogen (secondary N) is 3. The van der Waals surface area contributed by atoms with Crippen molar-refractivity contribution in [3.05, 3.63) is 147 Å². The van der Waals surface area contributed by atoms with Gasteiger partial charge >= 0.3 is 12.0 Å². The number of carbonyl (C=O) groups is 3. The Morgan fingerprint density at radius 1 is 0.852 bits per heavy atom.